The Kier molecular flexibility index (Phi) is 4.68. The van der Waals surface area contributed by atoms with Crippen LogP contribution in [0, 0.1) is 34.6 Å². The van der Waals surface area contributed by atoms with Crippen molar-refractivity contribution in [2.45, 2.75) is 41.2 Å². The molecule has 3 rings (SSSR count). The molecular weight excluding hydrogens is 324 g/mol. The highest BCUT2D eigenvalue weighted by molar-refractivity contribution is 5.93. The fourth-order valence-electron chi connectivity index (χ4n) is 3.43. The minimum atomic E-state index is -0.203. The zero-order valence-corrected chi connectivity index (χ0v) is 15.9. The smallest absolute Gasteiger partial charge is 0.251 e. The number of fused-ring (bicyclic) bond motifs is 1. The second kappa shape index (κ2) is 6.79. The number of nitrogens with zero attached hydrogens (tertiary/aromatic N) is 1. The Balaban J connectivity index is 2.02. The summed E-state index contributed by atoms with van der Waals surface area (Å²) < 4.78 is 1.57. The van der Waals surface area contributed by atoms with Gasteiger partial charge in [0.15, 0.2) is 0 Å². The Hall–Kier alpha value is -2.88. The van der Waals surface area contributed by atoms with Gasteiger partial charge in [0.1, 0.15) is 6.54 Å². The molecule has 1 amide bonds. The van der Waals surface area contributed by atoms with Crippen LogP contribution >= 0.6 is 0 Å². The molecule has 0 unspecified atom stereocenters. The van der Waals surface area contributed by atoms with E-state index in [-0.39, 0.29) is 18.0 Å². The summed E-state index contributed by atoms with van der Waals surface area (Å²) in [5.74, 6) is -0.203. The number of hydrogen-bond donors (Lipinski definition) is 1. The van der Waals surface area contributed by atoms with Crippen molar-refractivity contribution in [3.63, 3.8) is 0 Å². The Morgan fingerprint density at radius 3 is 2.35 bits per heavy atom. The summed E-state index contributed by atoms with van der Waals surface area (Å²) in [6.07, 6.45) is 0. The molecule has 0 fully saturated rings. The van der Waals surface area contributed by atoms with Crippen LogP contribution in [0.1, 0.15) is 27.8 Å². The van der Waals surface area contributed by atoms with Gasteiger partial charge in [-0.05, 0) is 69.0 Å². The van der Waals surface area contributed by atoms with Crippen molar-refractivity contribution in [1.29, 1.82) is 0 Å². The van der Waals surface area contributed by atoms with Crippen molar-refractivity contribution >= 4 is 22.5 Å². The Morgan fingerprint density at radius 2 is 1.62 bits per heavy atom. The van der Waals surface area contributed by atoms with Crippen molar-refractivity contribution in [2.75, 3.05) is 5.32 Å². The molecule has 4 heteroatoms. The summed E-state index contributed by atoms with van der Waals surface area (Å²) in [5, 5.41) is 3.95. The first-order valence-electron chi connectivity index (χ1n) is 8.75. The van der Waals surface area contributed by atoms with Crippen LogP contribution < -0.4 is 10.9 Å². The van der Waals surface area contributed by atoms with Gasteiger partial charge in [-0.1, -0.05) is 23.8 Å². The molecule has 0 bridgehead atoms. The number of carbonyl (C=O) groups is 1. The van der Waals surface area contributed by atoms with E-state index in [1.807, 2.05) is 58.9 Å². The van der Waals surface area contributed by atoms with E-state index in [0.717, 1.165) is 44.4 Å². The van der Waals surface area contributed by atoms with Crippen LogP contribution in [0.2, 0.25) is 0 Å². The lowest BCUT2D eigenvalue weighted by molar-refractivity contribution is -0.116. The van der Waals surface area contributed by atoms with Crippen molar-refractivity contribution < 1.29 is 4.79 Å². The molecule has 0 aliphatic carbocycles. The van der Waals surface area contributed by atoms with E-state index in [1.54, 1.807) is 10.6 Å². The van der Waals surface area contributed by atoms with Crippen molar-refractivity contribution in [2.24, 2.45) is 0 Å². The van der Waals surface area contributed by atoms with Crippen LogP contribution in [0.5, 0.6) is 0 Å². The molecule has 1 heterocycles. The van der Waals surface area contributed by atoms with Crippen LogP contribution in [0.15, 0.2) is 41.2 Å². The van der Waals surface area contributed by atoms with E-state index in [2.05, 4.69) is 11.4 Å². The lowest BCUT2D eigenvalue weighted by Crippen LogP contribution is -2.28. The molecule has 26 heavy (non-hydrogen) atoms. The molecule has 0 radical (unpaired) electrons. The molecule has 2 aromatic carbocycles. The predicted molar refractivity (Wildman–Crippen MR) is 107 cm³/mol. The number of aromatic nitrogens is 1. The molecule has 1 aromatic heterocycles. The maximum absolute atomic E-state index is 12.6. The number of rotatable bonds is 3. The normalized spacial score (nSPS) is 11.0. The second-order valence-corrected chi connectivity index (χ2v) is 7.10. The van der Waals surface area contributed by atoms with Crippen molar-refractivity contribution in [3.8, 4) is 0 Å². The first-order valence-corrected chi connectivity index (χ1v) is 8.75. The summed E-state index contributed by atoms with van der Waals surface area (Å²) in [6.45, 7) is 9.88. The number of benzene rings is 2. The van der Waals surface area contributed by atoms with Crippen LogP contribution in [-0.4, -0.2) is 10.5 Å². The molecule has 1 N–H and O–H groups in total. The molecule has 134 valence electrons. The minimum Gasteiger partial charge on any atom is -0.324 e. The fraction of sp³-hybridized carbons (Fsp3) is 0.273. The van der Waals surface area contributed by atoms with E-state index in [0.29, 0.717) is 0 Å². The third-order valence-corrected chi connectivity index (χ3v) is 4.71. The maximum Gasteiger partial charge on any atom is 0.251 e. The van der Waals surface area contributed by atoms with Gasteiger partial charge in [-0.2, -0.15) is 0 Å². The number of aryl methyl sites for hydroxylation is 5. The van der Waals surface area contributed by atoms with E-state index < -0.39 is 0 Å². The third kappa shape index (κ3) is 3.40. The summed E-state index contributed by atoms with van der Waals surface area (Å²) in [4.78, 5) is 25.2. The largest absolute Gasteiger partial charge is 0.324 e. The van der Waals surface area contributed by atoms with Crippen LogP contribution in [0.3, 0.4) is 0 Å². The number of nitrogens with one attached hydrogen (secondary N) is 1. The second-order valence-electron chi connectivity index (χ2n) is 7.10. The Bertz CT molecular complexity index is 1080. The van der Waals surface area contributed by atoms with Crippen LogP contribution in [0.25, 0.3) is 10.9 Å². The van der Waals surface area contributed by atoms with E-state index in [1.165, 1.54) is 0 Å². The standard InChI is InChI=1S/C22H24N2O2/c1-13-6-7-15(3)19(10-13)23-20(25)12-24-21(26)11-16(4)18-9-14(2)8-17(5)22(18)24/h6-11H,12H2,1-5H3,(H,23,25). The van der Waals surface area contributed by atoms with Gasteiger partial charge in [0, 0.05) is 17.1 Å². The molecule has 0 spiro atoms. The zero-order valence-electron chi connectivity index (χ0n) is 15.9. The monoisotopic (exact) mass is 348 g/mol. The first kappa shape index (κ1) is 17.9. The highest BCUT2D eigenvalue weighted by Gasteiger charge is 2.13. The highest BCUT2D eigenvalue weighted by atomic mass is 16.2. The SMILES string of the molecule is Cc1ccc(C)c(NC(=O)Cn2c(=O)cc(C)c3cc(C)cc(C)c32)c1. The molecule has 0 atom stereocenters. The van der Waals surface area contributed by atoms with Crippen LogP contribution in [-0.2, 0) is 11.3 Å². The van der Waals surface area contributed by atoms with Gasteiger partial charge in [0.2, 0.25) is 5.91 Å². The highest BCUT2D eigenvalue weighted by Crippen LogP contribution is 2.22. The lowest BCUT2D eigenvalue weighted by atomic mass is 10.0. The average Bonchev–Trinajstić information content (AvgIpc) is 2.54. The quantitative estimate of drug-likeness (QED) is 0.772. The molecule has 0 saturated heterocycles. The molecule has 3 aromatic rings. The third-order valence-electron chi connectivity index (χ3n) is 4.71. The number of hydrogen-bond acceptors (Lipinski definition) is 2. The number of carbonyl (C=O) groups excluding carboxylic acids is 1. The summed E-state index contributed by atoms with van der Waals surface area (Å²) >= 11 is 0. The van der Waals surface area contributed by atoms with Crippen LogP contribution in [0.4, 0.5) is 5.69 Å². The molecule has 0 aliphatic rings. The molecule has 0 aliphatic heterocycles. The van der Waals surface area contributed by atoms with Crippen molar-refractivity contribution in [1.82, 2.24) is 4.57 Å². The minimum absolute atomic E-state index is 0.00705. The summed E-state index contributed by atoms with van der Waals surface area (Å²) in [5.41, 5.74) is 6.61. The van der Waals surface area contributed by atoms with Gasteiger partial charge < -0.3 is 5.32 Å². The van der Waals surface area contributed by atoms with E-state index in [9.17, 15) is 9.59 Å². The van der Waals surface area contributed by atoms with Gasteiger partial charge in [-0.3, -0.25) is 14.2 Å². The zero-order chi connectivity index (χ0) is 19.0. The average molecular weight is 348 g/mol. The van der Waals surface area contributed by atoms with Gasteiger partial charge in [0.25, 0.3) is 5.56 Å². The summed E-state index contributed by atoms with van der Waals surface area (Å²) in [6, 6.07) is 11.6. The van der Waals surface area contributed by atoms with Gasteiger partial charge in [-0.25, -0.2) is 0 Å². The Morgan fingerprint density at radius 1 is 0.885 bits per heavy atom. The molecule has 0 saturated carbocycles. The lowest BCUT2D eigenvalue weighted by Gasteiger charge is -2.16. The van der Waals surface area contributed by atoms with Gasteiger partial charge in [-0.15, -0.1) is 0 Å². The molecular formula is C22H24N2O2. The fourth-order valence-corrected chi connectivity index (χ4v) is 3.43. The predicted octanol–water partition coefficient (Wildman–Crippen LogP) is 4.18. The number of anilines is 1. The van der Waals surface area contributed by atoms with Gasteiger partial charge >= 0.3 is 0 Å². The Labute approximate surface area is 153 Å². The van der Waals surface area contributed by atoms with Gasteiger partial charge in [0.05, 0.1) is 5.52 Å². The van der Waals surface area contributed by atoms with Crippen molar-refractivity contribution in [3.05, 3.63) is 74.6 Å². The maximum atomic E-state index is 12.6. The topological polar surface area (TPSA) is 51.1 Å². The van der Waals surface area contributed by atoms with E-state index in [4.69, 9.17) is 0 Å². The first-order chi connectivity index (χ1) is 12.3. The molecule has 4 nitrogen and oxygen atoms in total. The van der Waals surface area contributed by atoms with E-state index >= 15 is 0 Å². The number of amides is 1. The summed E-state index contributed by atoms with van der Waals surface area (Å²) in [7, 11) is 0. The number of pyridine rings is 1.